The number of rotatable bonds is 50. The van der Waals surface area contributed by atoms with Crippen LogP contribution >= 0.6 is 7.82 Å². The number of phosphoric ester groups is 1. The molecule has 0 aromatic carbocycles. The SMILES string of the molecule is CCCCCCCCCCCCCCCCCCCCCCCCCCC(=O)NC(COP(=O)(O)OCC[N+](C)(C)C)C(O)CCCCCCCCCCCCCCCCC. The largest absolute Gasteiger partial charge is 0.472 e. The minimum Gasteiger partial charge on any atom is -0.391 e. The molecule has 0 saturated carbocycles. The second-order valence-corrected chi connectivity index (χ2v) is 21.4. The van der Waals surface area contributed by atoms with Crippen LogP contribution in [-0.2, 0) is 18.4 Å². The molecule has 0 aromatic heterocycles. The van der Waals surface area contributed by atoms with Crippen LogP contribution in [0.1, 0.15) is 277 Å². The Bertz CT molecular complexity index is 963. The van der Waals surface area contributed by atoms with Crippen molar-refractivity contribution < 1.29 is 32.9 Å². The Kier molecular flexibility index (Phi) is 44.3. The van der Waals surface area contributed by atoms with Crippen LogP contribution in [0.2, 0.25) is 0 Å². The summed E-state index contributed by atoms with van der Waals surface area (Å²) in [4.78, 5) is 23.3. The van der Waals surface area contributed by atoms with Gasteiger partial charge in [0.25, 0.3) is 0 Å². The second kappa shape index (κ2) is 44.7. The Morgan fingerprint density at radius 1 is 0.492 bits per heavy atom. The van der Waals surface area contributed by atoms with Crippen LogP contribution in [0.4, 0.5) is 0 Å². The zero-order valence-corrected chi connectivity index (χ0v) is 42.6. The molecule has 0 aliphatic heterocycles. The summed E-state index contributed by atoms with van der Waals surface area (Å²) < 4.78 is 23.7. The molecule has 0 aromatic rings. The van der Waals surface area contributed by atoms with Crippen molar-refractivity contribution in [3.63, 3.8) is 0 Å². The summed E-state index contributed by atoms with van der Waals surface area (Å²) in [6, 6.07) is -0.754. The first-order valence-corrected chi connectivity index (χ1v) is 28.4. The van der Waals surface area contributed by atoms with E-state index in [2.05, 4.69) is 19.2 Å². The zero-order chi connectivity index (χ0) is 45.0. The highest BCUT2D eigenvalue weighted by Crippen LogP contribution is 2.43. The van der Waals surface area contributed by atoms with Gasteiger partial charge in [0.2, 0.25) is 5.91 Å². The molecular weight excluding hydrogens is 780 g/mol. The lowest BCUT2D eigenvalue weighted by atomic mass is 10.0. The van der Waals surface area contributed by atoms with Crippen molar-refractivity contribution in [2.75, 3.05) is 40.9 Å². The van der Waals surface area contributed by atoms with Crippen molar-refractivity contribution >= 4 is 13.7 Å². The smallest absolute Gasteiger partial charge is 0.391 e. The molecule has 366 valence electrons. The van der Waals surface area contributed by atoms with E-state index >= 15 is 0 Å². The summed E-state index contributed by atoms with van der Waals surface area (Å²) in [6.45, 7) is 4.93. The Hall–Kier alpha value is -0.500. The fourth-order valence-electron chi connectivity index (χ4n) is 8.34. The second-order valence-electron chi connectivity index (χ2n) is 20.0. The maximum absolute atomic E-state index is 13.0. The van der Waals surface area contributed by atoms with E-state index in [0.29, 0.717) is 23.9 Å². The fourth-order valence-corrected chi connectivity index (χ4v) is 9.08. The lowest BCUT2D eigenvalue weighted by molar-refractivity contribution is -0.870. The first-order chi connectivity index (χ1) is 29.5. The number of aliphatic hydroxyl groups excluding tert-OH is 1. The van der Waals surface area contributed by atoms with Crippen molar-refractivity contribution in [1.82, 2.24) is 5.32 Å². The summed E-state index contributed by atoms with van der Waals surface area (Å²) in [5, 5.41) is 14.0. The Morgan fingerprint density at radius 2 is 0.787 bits per heavy atom. The number of carbonyl (C=O) groups is 1. The van der Waals surface area contributed by atoms with E-state index in [1.54, 1.807) is 0 Å². The normalized spacial score (nSPS) is 14.0. The molecule has 8 nitrogen and oxygen atoms in total. The quantitative estimate of drug-likeness (QED) is 0.0319. The number of hydrogen-bond donors (Lipinski definition) is 3. The molecule has 3 unspecified atom stereocenters. The van der Waals surface area contributed by atoms with Gasteiger partial charge < -0.3 is 19.8 Å². The third kappa shape index (κ3) is 47.3. The summed E-state index contributed by atoms with van der Waals surface area (Å²) >= 11 is 0. The van der Waals surface area contributed by atoms with Crippen LogP contribution in [-0.4, -0.2) is 73.4 Å². The lowest BCUT2D eigenvalue weighted by Crippen LogP contribution is -2.46. The van der Waals surface area contributed by atoms with Gasteiger partial charge in [0, 0.05) is 6.42 Å². The van der Waals surface area contributed by atoms with Crippen LogP contribution in [0.3, 0.4) is 0 Å². The van der Waals surface area contributed by atoms with Crippen molar-refractivity contribution in [3.05, 3.63) is 0 Å². The van der Waals surface area contributed by atoms with Crippen LogP contribution in [0, 0.1) is 0 Å². The van der Waals surface area contributed by atoms with Crippen molar-refractivity contribution in [3.8, 4) is 0 Å². The molecule has 9 heteroatoms. The van der Waals surface area contributed by atoms with E-state index in [1.807, 2.05) is 21.1 Å². The maximum atomic E-state index is 13.0. The van der Waals surface area contributed by atoms with Gasteiger partial charge in [0.1, 0.15) is 13.2 Å². The van der Waals surface area contributed by atoms with E-state index in [9.17, 15) is 19.4 Å². The van der Waals surface area contributed by atoms with Gasteiger partial charge in [-0.1, -0.05) is 258 Å². The summed E-state index contributed by atoms with van der Waals surface area (Å²) in [5.74, 6) is -0.137. The number of amides is 1. The molecule has 0 fully saturated rings. The van der Waals surface area contributed by atoms with Crippen LogP contribution in [0.5, 0.6) is 0 Å². The van der Waals surface area contributed by atoms with Crippen molar-refractivity contribution in [2.24, 2.45) is 0 Å². The number of likely N-dealkylation sites (N-methyl/N-ethyl adjacent to an activating group) is 1. The number of nitrogens with zero attached hydrogens (tertiary/aromatic N) is 1. The number of unbranched alkanes of at least 4 members (excludes halogenated alkanes) is 37. The van der Waals surface area contributed by atoms with Gasteiger partial charge in [-0.3, -0.25) is 13.8 Å². The highest BCUT2D eigenvalue weighted by molar-refractivity contribution is 7.47. The van der Waals surface area contributed by atoms with E-state index in [0.717, 1.165) is 38.5 Å². The molecule has 0 spiro atoms. The Morgan fingerprint density at radius 3 is 1.10 bits per heavy atom. The predicted octanol–water partition coefficient (Wildman–Crippen LogP) is 15.7. The van der Waals surface area contributed by atoms with Gasteiger partial charge in [0.15, 0.2) is 0 Å². The maximum Gasteiger partial charge on any atom is 0.472 e. The first-order valence-electron chi connectivity index (χ1n) is 26.9. The van der Waals surface area contributed by atoms with Gasteiger partial charge in [0.05, 0.1) is 39.9 Å². The van der Waals surface area contributed by atoms with Crippen LogP contribution < -0.4 is 5.32 Å². The van der Waals surface area contributed by atoms with Crippen molar-refractivity contribution in [2.45, 2.75) is 289 Å². The minimum atomic E-state index is -4.31. The first kappa shape index (κ1) is 60.5. The Balaban J connectivity index is 4.13. The minimum absolute atomic E-state index is 0.0789. The van der Waals surface area contributed by atoms with Crippen LogP contribution in [0.15, 0.2) is 0 Å². The van der Waals surface area contributed by atoms with Gasteiger partial charge in [-0.15, -0.1) is 0 Å². The monoisotopic (exact) mass is 888 g/mol. The summed E-state index contributed by atoms with van der Waals surface area (Å²) in [7, 11) is 1.63. The van der Waals surface area contributed by atoms with E-state index < -0.39 is 20.0 Å². The third-order valence-electron chi connectivity index (χ3n) is 12.6. The van der Waals surface area contributed by atoms with E-state index in [-0.39, 0.29) is 19.1 Å². The highest BCUT2D eigenvalue weighted by Gasteiger charge is 2.28. The third-order valence-corrected chi connectivity index (χ3v) is 13.6. The number of aliphatic hydroxyl groups is 1. The Labute approximate surface area is 380 Å². The highest BCUT2D eigenvalue weighted by atomic mass is 31.2. The molecule has 0 heterocycles. The average molecular weight is 888 g/mol. The number of quaternary nitrogens is 1. The molecule has 3 atom stereocenters. The number of phosphoric acid groups is 1. The zero-order valence-electron chi connectivity index (χ0n) is 41.7. The van der Waals surface area contributed by atoms with Gasteiger partial charge in [-0.2, -0.15) is 0 Å². The lowest BCUT2D eigenvalue weighted by Gasteiger charge is -2.26. The van der Waals surface area contributed by atoms with Gasteiger partial charge >= 0.3 is 7.82 Å². The van der Waals surface area contributed by atoms with Gasteiger partial charge in [-0.05, 0) is 12.8 Å². The molecule has 0 aliphatic carbocycles. The molecule has 1 amide bonds. The molecule has 0 aliphatic rings. The van der Waals surface area contributed by atoms with Crippen molar-refractivity contribution in [1.29, 1.82) is 0 Å². The van der Waals surface area contributed by atoms with Gasteiger partial charge in [-0.25, -0.2) is 4.57 Å². The molecule has 0 radical (unpaired) electrons. The molecule has 61 heavy (non-hydrogen) atoms. The predicted molar refractivity (Wildman–Crippen MR) is 263 cm³/mol. The van der Waals surface area contributed by atoms with E-state index in [1.165, 1.54) is 212 Å². The fraction of sp³-hybridized carbons (Fsp3) is 0.981. The molecular formula is C52H108N2O6P+. The molecule has 3 N–H and O–H groups in total. The van der Waals surface area contributed by atoms with Crippen LogP contribution in [0.25, 0.3) is 0 Å². The summed E-state index contributed by atoms with van der Waals surface area (Å²) in [6.07, 6.45) is 51.4. The van der Waals surface area contributed by atoms with E-state index in [4.69, 9.17) is 9.05 Å². The topological polar surface area (TPSA) is 105 Å². The molecule has 0 saturated heterocycles. The number of nitrogens with one attached hydrogen (secondary N) is 1. The molecule has 0 bridgehead atoms. The standard InChI is InChI=1S/C52H107N2O6P/c1-6-8-10-12-14-16-18-20-22-23-24-25-26-27-28-29-30-32-34-36-38-40-42-44-46-52(56)53-50(49-60-61(57,58)59-48-47-54(3,4)5)51(55)45-43-41-39-37-35-33-31-21-19-17-15-13-11-9-7-2/h50-51,55H,6-49H2,1-5H3,(H-,53,56,57,58)/p+1. The number of hydrogen-bond acceptors (Lipinski definition) is 5. The number of carbonyl (C=O) groups excluding carboxylic acids is 1. The summed E-state index contributed by atoms with van der Waals surface area (Å²) in [5.41, 5.74) is 0. The molecule has 0 rings (SSSR count). The average Bonchev–Trinajstić information content (AvgIpc) is 3.21.